The molecule has 0 saturated heterocycles. The first-order chi connectivity index (χ1) is 12.7. The minimum atomic E-state index is -0.159. The second kappa shape index (κ2) is 9.92. The van der Waals surface area contributed by atoms with E-state index in [0.29, 0.717) is 36.1 Å². The van der Waals surface area contributed by atoms with Gasteiger partial charge in [-0.3, -0.25) is 14.4 Å². The number of aliphatic hydroxyl groups excluding tert-OH is 1. The van der Waals surface area contributed by atoms with Crippen LogP contribution in [0.4, 0.5) is 0 Å². The number of carbonyl (C=O) groups excluding carboxylic acids is 3. The first-order valence-corrected chi connectivity index (χ1v) is 7.48. The van der Waals surface area contributed by atoms with Crippen molar-refractivity contribution in [2.75, 3.05) is 0 Å². The standard InChI is InChI=1S/C12H10O5.C6H6O3/c13-5-9-1-3-11(16-9)7-15-8-12-4-2-10(6-14)17-12;7-3-5-1-2-6(4-8)9-5/h1-6H,7-8H2;1-3,8H,4H2. The summed E-state index contributed by atoms with van der Waals surface area (Å²) in [4.78, 5) is 30.7. The third-order valence-electron chi connectivity index (χ3n) is 3.04. The van der Waals surface area contributed by atoms with Crippen LogP contribution in [0.5, 0.6) is 0 Å². The minimum absolute atomic E-state index is 0.159. The fourth-order valence-electron chi connectivity index (χ4n) is 1.87. The van der Waals surface area contributed by atoms with Gasteiger partial charge in [-0.1, -0.05) is 0 Å². The Kier molecular flexibility index (Phi) is 7.29. The third kappa shape index (κ3) is 5.69. The van der Waals surface area contributed by atoms with Gasteiger partial charge in [-0.25, -0.2) is 0 Å². The predicted octanol–water partition coefficient (Wildman–Crippen LogP) is 2.80. The van der Waals surface area contributed by atoms with E-state index < -0.39 is 0 Å². The van der Waals surface area contributed by atoms with Gasteiger partial charge in [-0.2, -0.15) is 0 Å². The van der Waals surface area contributed by atoms with Crippen molar-refractivity contribution in [2.24, 2.45) is 0 Å². The van der Waals surface area contributed by atoms with Crippen LogP contribution in [0.2, 0.25) is 0 Å². The highest BCUT2D eigenvalue weighted by molar-refractivity contribution is 5.71. The minimum Gasteiger partial charge on any atom is -0.456 e. The van der Waals surface area contributed by atoms with Gasteiger partial charge in [-0.05, 0) is 36.4 Å². The summed E-state index contributed by atoms with van der Waals surface area (Å²) >= 11 is 0. The Morgan fingerprint density at radius 3 is 1.38 bits per heavy atom. The molecule has 0 aromatic carbocycles. The first kappa shape index (κ1) is 19.1. The Bertz CT molecular complexity index is 793. The summed E-state index contributed by atoms with van der Waals surface area (Å²) in [7, 11) is 0. The van der Waals surface area contributed by atoms with E-state index in [9.17, 15) is 14.4 Å². The quantitative estimate of drug-likeness (QED) is 0.609. The zero-order chi connectivity index (χ0) is 18.8. The molecule has 0 aliphatic rings. The summed E-state index contributed by atoms with van der Waals surface area (Å²) in [6, 6.07) is 9.56. The number of hydrogen-bond acceptors (Lipinski definition) is 8. The topological polar surface area (TPSA) is 120 Å². The third-order valence-corrected chi connectivity index (χ3v) is 3.04. The second-order valence-electron chi connectivity index (χ2n) is 4.92. The van der Waals surface area contributed by atoms with Crippen LogP contribution in [0.15, 0.2) is 49.6 Å². The monoisotopic (exact) mass is 360 g/mol. The molecule has 1 N–H and O–H groups in total. The Labute approximate surface area is 148 Å². The van der Waals surface area contributed by atoms with Crippen LogP contribution in [0.1, 0.15) is 48.9 Å². The van der Waals surface area contributed by atoms with Gasteiger partial charge in [0, 0.05) is 0 Å². The lowest BCUT2D eigenvalue weighted by Crippen LogP contribution is -1.91. The van der Waals surface area contributed by atoms with E-state index in [2.05, 4.69) is 0 Å². The molecule has 26 heavy (non-hydrogen) atoms. The zero-order valence-corrected chi connectivity index (χ0v) is 13.6. The van der Waals surface area contributed by atoms with E-state index in [4.69, 9.17) is 23.1 Å². The van der Waals surface area contributed by atoms with Crippen LogP contribution >= 0.6 is 0 Å². The molecular formula is C18H16O8. The number of furan rings is 3. The van der Waals surface area contributed by atoms with Crippen LogP contribution in [0.3, 0.4) is 0 Å². The number of aldehydes is 3. The molecule has 136 valence electrons. The molecule has 3 aromatic heterocycles. The van der Waals surface area contributed by atoms with Gasteiger partial charge >= 0.3 is 0 Å². The molecule has 0 saturated carbocycles. The summed E-state index contributed by atoms with van der Waals surface area (Å²) in [6.07, 6.45) is 1.86. The van der Waals surface area contributed by atoms with Crippen LogP contribution in [0, 0.1) is 0 Å². The van der Waals surface area contributed by atoms with Crippen molar-refractivity contribution in [3.05, 3.63) is 71.0 Å². The fourth-order valence-corrected chi connectivity index (χ4v) is 1.87. The van der Waals surface area contributed by atoms with Gasteiger partial charge < -0.3 is 23.1 Å². The van der Waals surface area contributed by atoms with Crippen molar-refractivity contribution in [2.45, 2.75) is 19.8 Å². The molecule has 0 atom stereocenters. The summed E-state index contributed by atoms with van der Waals surface area (Å²) < 4.78 is 20.3. The molecule has 0 amide bonds. The van der Waals surface area contributed by atoms with E-state index in [-0.39, 0.29) is 37.1 Å². The Hall–Kier alpha value is -3.23. The molecule has 0 aliphatic carbocycles. The van der Waals surface area contributed by atoms with E-state index in [1.165, 1.54) is 6.07 Å². The average molecular weight is 360 g/mol. The van der Waals surface area contributed by atoms with Gasteiger partial charge in [0.1, 0.15) is 37.1 Å². The van der Waals surface area contributed by atoms with E-state index in [1.54, 1.807) is 30.3 Å². The number of ether oxygens (including phenoxy) is 1. The lowest BCUT2D eigenvalue weighted by Gasteiger charge is -1.98. The number of carbonyl (C=O) groups is 3. The highest BCUT2D eigenvalue weighted by atomic mass is 16.5. The fraction of sp³-hybridized carbons (Fsp3) is 0.167. The van der Waals surface area contributed by atoms with Gasteiger partial charge in [0.15, 0.2) is 36.1 Å². The molecule has 0 bridgehead atoms. The van der Waals surface area contributed by atoms with Gasteiger partial charge in [0.25, 0.3) is 0 Å². The van der Waals surface area contributed by atoms with Crippen LogP contribution in [0.25, 0.3) is 0 Å². The maximum absolute atomic E-state index is 10.4. The Morgan fingerprint density at radius 1 is 0.692 bits per heavy atom. The molecule has 0 radical (unpaired) electrons. The van der Waals surface area contributed by atoms with Crippen LogP contribution in [-0.4, -0.2) is 24.0 Å². The summed E-state index contributed by atoms with van der Waals surface area (Å²) in [6.45, 7) is 0.323. The summed E-state index contributed by atoms with van der Waals surface area (Å²) in [5.74, 6) is 2.33. The molecule has 8 heteroatoms. The largest absolute Gasteiger partial charge is 0.456 e. The maximum atomic E-state index is 10.4. The number of hydrogen-bond donors (Lipinski definition) is 1. The van der Waals surface area contributed by atoms with Crippen molar-refractivity contribution in [3.63, 3.8) is 0 Å². The lowest BCUT2D eigenvalue weighted by atomic mass is 10.4. The molecule has 3 rings (SSSR count). The van der Waals surface area contributed by atoms with E-state index in [0.717, 1.165) is 0 Å². The van der Waals surface area contributed by atoms with Crippen molar-refractivity contribution < 1.29 is 37.5 Å². The Morgan fingerprint density at radius 2 is 1.08 bits per heavy atom. The van der Waals surface area contributed by atoms with Gasteiger partial charge in [0.05, 0.1) is 0 Å². The normalized spacial score (nSPS) is 10.0. The van der Waals surface area contributed by atoms with Crippen LogP contribution < -0.4 is 0 Å². The van der Waals surface area contributed by atoms with Crippen molar-refractivity contribution in [3.8, 4) is 0 Å². The summed E-state index contributed by atoms with van der Waals surface area (Å²) in [5, 5.41) is 8.44. The molecule has 0 unspecified atom stereocenters. The van der Waals surface area contributed by atoms with E-state index >= 15 is 0 Å². The zero-order valence-electron chi connectivity index (χ0n) is 13.6. The van der Waals surface area contributed by atoms with Crippen molar-refractivity contribution in [1.82, 2.24) is 0 Å². The smallest absolute Gasteiger partial charge is 0.185 e. The average Bonchev–Trinajstić information content (AvgIpc) is 3.42. The predicted molar refractivity (Wildman–Crippen MR) is 86.7 cm³/mol. The SMILES string of the molecule is O=Cc1ccc(CO)o1.O=Cc1ccc(COCc2ccc(C=O)o2)o1. The van der Waals surface area contributed by atoms with Gasteiger partial charge in [-0.15, -0.1) is 0 Å². The van der Waals surface area contributed by atoms with Gasteiger partial charge in [0.2, 0.25) is 0 Å². The molecule has 3 heterocycles. The molecule has 8 nitrogen and oxygen atoms in total. The highest BCUT2D eigenvalue weighted by Gasteiger charge is 2.04. The molecule has 3 aromatic rings. The second-order valence-corrected chi connectivity index (χ2v) is 4.92. The number of rotatable bonds is 8. The molecular weight excluding hydrogens is 344 g/mol. The highest BCUT2D eigenvalue weighted by Crippen LogP contribution is 2.11. The summed E-state index contributed by atoms with van der Waals surface area (Å²) in [5.41, 5.74) is 0. The molecule has 0 aliphatic heterocycles. The maximum Gasteiger partial charge on any atom is 0.185 e. The number of aliphatic hydroxyl groups is 1. The molecule has 0 spiro atoms. The first-order valence-electron chi connectivity index (χ1n) is 7.48. The lowest BCUT2D eigenvalue weighted by molar-refractivity contribution is 0.0780. The van der Waals surface area contributed by atoms with Crippen molar-refractivity contribution >= 4 is 18.9 Å². The van der Waals surface area contributed by atoms with Crippen molar-refractivity contribution in [1.29, 1.82) is 0 Å². The van der Waals surface area contributed by atoms with E-state index in [1.807, 2.05) is 0 Å². The molecule has 0 fully saturated rings. The van der Waals surface area contributed by atoms with Crippen LogP contribution in [-0.2, 0) is 24.6 Å². The Balaban J connectivity index is 0.000000228.